The monoisotopic (exact) mass is 954 g/mol. The number of alkyl halides is 3. The molecule has 0 saturated carbocycles. The number of piperidine rings is 1. The molecule has 21 heteroatoms. The Balaban J connectivity index is 0.000000523. The fraction of sp³-hybridized carbons (Fsp3) is 0.348. The third-order valence-corrected chi connectivity index (χ3v) is 11.2. The number of likely N-dealkylation sites (tertiary alicyclic amines) is 1. The van der Waals surface area contributed by atoms with Gasteiger partial charge in [-0.15, -0.1) is 0 Å². The van der Waals surface area contributed by atoms with Gasteiger partial charge < -0.3 is 34.8 Å². The third-order valence-electron chi connectivity index (χ3n) is 10.2. The zero-order chi connectivity index (χ0) is 49.3. The minimum Gasteiger partial charge on any atom is -0.481 e. The number of nitrogens with zero attached hydrogens (tertiary/aromatic N) is 6. The van der Waals surface area contributed by atoms with Gasteiger partial charge in [0.2, 0.25) is 5.91 Å². The van der Waals surface area contributed by atoms with Crippen molar-refractivity contribution >= 4 is 41.5 Å². The van der Waals surface area contributed by atoms with Crippen LogP contribution in [0, 0.1) is 5.82 Å². The van der Waals surface area contributed by atoms with Crippen molar-refractivity contribution < 1.29 is 62.0 Å². The standard InChI is InChI=1S/C38H38F4N6O2S.2C4H6O4/c1-45-17-15-34(16-18-45)48(22-26-3-7-29(8-4-26)30-9-11-32(12-10-30)38(40,41)42)35(49)24-47-23-31(19-28-20-43-46(2)21-28)36(50)44-37(47)51-25-27-5-13-33(39)14-6-27;2*5-3(6)1-2-4(7)8/h3-14,20-21,23,34H,15-19,22,24-25H2,1-2H3;2*1-2H2,(H,5,6)(H,7,8). The quantitative estimate of drug-likeness (QED) is 0.0434. The van der Waals surface area contributed by atoms with Gasteiger partial charge in [-0.05, 0) is 85.1 Å². The van der Waals surface area contributed by atoms with E-state index < -0.39 is 35.6 Å². The maximum Gasteiger partial charge on any atom is 0.416 e. The molecule has 358 valence electrons. The van der Waals surface area contributed by atoms with E-state index in [1.54, 1.807) is 40.8 Å². The molecule has 3 heterocycles. The second-order valence-electron chi connectivity index (χ2n) is 15.5. The number of amides is 1. The first-order valence-corrected chi connectivity index (χ1v) is 21.7. The highest BCUT2D eigenvalue weighted by Gasteiger charge is 2.30. The zero-order valence-electron chi connectivity index (χ0n) is 36.6. The molecule has 6 rings (SSSR count). The predicted molar refractivity (Wildman–Crippen MR) is 237 cm³/mol. The Hall–Kier alpha value is -6.87. The van der Waals surface area contributed by atoms with Crippen LogP contribution < -0.4 is 5.56 Å². The molecule has 0 spiro atoms. The molecule has 0 atom stereocenters. The molecule has 1 aliphatic heterocycles. The van der Waals surface area contributed by atoms with Gasteiger partial charge in [-0.1, -0.05) is 60.3 Å². The molecule has 0 radical (unpaired) electrons. The summed E-state index contributed by atoms with van der Waals surface area (Å²) in [5.74, 6) is -4.35. The van der Waals surface area contributed by atoms with Crippen LogP contribution >= 0.6 is 11.8 Å². The van der Waals surface area contributed by atoms with Gasteiger partial charge in [0.15, 0.2) is 5.16 Å². The average Bonchev–Trinajstić information content (AvgIpc) is 3.69. The van der Waals surface area contributed by atoms with Crippen LogP contribution in [0.25, 0.3) is 11.1 Å². The van der Waals surface area contributed by atoms with Gasteiger partial charge in [0.1, 0.15) is 12.4 Å². The van der Waals surface area contributed by atoms with Crippen LogP contribution in [-0.4, -0.2) is 106 Å². The Morgan fingerprint density at radius 1 is 0.731 bits per heavy atom. The second kappa shape index (κ2) is 25.2. The van der Waals surface area contributed by atoms with Crippen LogP contribution in [0.2, 0.25) is 0 Å². The van der Waals surface area contributed by atoms with E-state index >= 15 is 0 Å². The summed E-state index contributed by atoms with van der Waals surface area (Å²) >= 11 is 1.31. The predicted octanol–water partition coefficient (Wildman–Crippen LogP) is 6.68. The number of aliphatic carboxylic acids is 4. The Morgan fingerprint density at radius 3 is 1.72 bits per heavy atom. The number of thioether (sulfide) groups is 1. The maximum atomic E-state index is 14.4. The number of halogens is 4. The summed E-state index contributed by atoms with van der Waals surface area (Å²) in [6.45, 7) is 1.98. The Morgan fingerprint density at radius 2 is 1.24 bits per heavy atom. The normalized spacial score (nSPS) is 12.8. The molecule has 67 heavy (non-hydrogen) atoms. The minimum atomic E-state index is -4.40. The number of carboxylic acids is 4. The van der Waals surface area contributed by atoms with Crippen LogP contribution in [0.5, 0.6) is 0 Å². The summed E-state index contributed by atoms with van der Waals surface area (Å²) in [5, 5.41) is 36.2. The summed E-state index contributed by atoms with van der Waals surface area (Å²) in [5.41, 5.74) is 3.36. The lowest BCUT2D eigenvalue weighted by molar-refractivity contribution is -0.143. The van der Waals surface area contributed by atoms with Crippen molar-refractivity contribution in [2.45, 2.75) is 81.2 Å². The highest BCUT2D eigenvalue weighted by atomic mass is 32.2. The molecule has 1 fully saturated rings. The third kappa shape index (κ3) is 18.1. The number of aromatic nitrogens is 4. The van der Waals surface area contributed by atoms with Gasteiger partial charge in [0.25, 0.3) is 5.56 Å². The summed E-state index contributed by atoms with van der Waals surface area (Å²) in [6, 6.07) is 18.7. The molecule has 1 aliphatic rings. The van der Waals surface area contributed by atoms with E-state index in [2.05, 4.69) is 22.0 Å². The van der Waals surface area contributed by atoms with Gasteiger partial charge in [0, 0.05) is 49.8 Å². The van der Waals surface area contributed by atoms with Crippen molar-refractivity contribution in [3.63, 3.8) is 0 Å². The molecular weight excluding hydrogens is 905 g/mol. The number of carbonyl (C=O) groups is 5. The minimum absolute atomic E-state index is 0.0131. The fourth-order valence-corrected chi connectivity index (χ4v) is 7.54. The van der Waals surface area contributed by atoms with E-state index in [-0.39, 0.29) is 55.6 Å². The molecule has 3 aromatic carbocycles. The molecule has 4 N–H and O–H groups in total. The highest BCUT2D eigenvalue weighted by Crippen LogP contribution is 2.31. The van der Waals surface area contributed by atoms with E-state index in [4.69, 9.17) is 20.4 Å². The Labute approximate surface area is 386 Å². The van der Waals surface area contributed by atoms with E-state index in [0.29, 0.717) is 35.0 Å². The van der Waals surface area contributed by atoms with Crippen molar-refractivity contribution in [2.24, 2.45) is 7.05 Å². The topological polar surface area (TPSA) is 225 Å². The average molecular weight is 955 g/mol. The summed E-state index contributed by atoms with van der Waals surface area (Å²) < 4.78 is 56.2. The molecule has 1 saturated heterocycles. The van der Waals surface area contributed by atoms with Crippen molar-refractivity contribution in [2.75, 3.05) is 20.1 Å². The van der Waals surface area contributed by atoms with Crippen LogP contribution in [0.15, 0.2) is 101 Å². The lowest BCUT2D eigenvalue weighted by Gasteiger charge is -2.37. The summed E-state index contributed by atoms with van der Waals surface area (Å²) in [7, 11) is 3.86. The molecule has 0 unspecified atom stereocenters. The van der Waals surface area contributed by atoms with Crippen LogP contribution in [0.1, 0.15) is 66.3 Å². The van der Waals surface area contributed by atoms with E-state index in [1.807, 2.05) is 35.4 Å². The number of carbonyl (C=O) groups excluding carboxylic acids is 1. The molecule has 5 aromatic rings. The van der Waals surface area contributed by atoms with Crippen molar-refractivity contribution in [1.82, 2.24) is 29.1 Å². The summed E-state index contributed by atoms with van der Waals surface area (Å²) in [6.07, 6.45) is 1.54. The van der Waals surface area contributed by atoms with Gasteiger partial charge in [-0.3, -0.25) is 33.4 Å². The van der Waals surface area contributed by atoms with Crippen LogP contribution in [-0.2, 0) is 62.5 Å². The molecule has 2 aromatic heterocycles. The van der Waals surface area contributed by atoms with Crippen molar-refractivity contribution in [3.05, 3.63) is 135 Å². The number of hydrogen-bond acceptors (Lipinski definition) is 10. The zero-order valence-corrected chi connectivity index (χ0v) is 37.4. The lowest BCUT2D eigenvalue weighted by atomic mass is 10.0. The van der Waals surface area contributed by atoms with Crippen molar-refractivity contribution in [3.8, 4) is 11.1 Å². The molecule has 1 amide bonds. The Bertz CT molecular complexity index is 2450. The molecular formula is C46H50F4N6O10S. The van der Waals surface area contributed by atoms with Gasteiger partial charge >= 0.3 is 30.1 Å². The maximum absolute atomic E-state index is 14.4. The van der Waals surface area contributed by atoms with Crippen LogP contribution in [0.3, 0.4) is 0 Å². The number of aryl methyl sites for hydroxylation is 1. The Kier molecular flexibility index (Phi) is 19.8. The fourth-order valence-electron chi connectivity index (χ4n) is 6.63. The van der Waals surface area contributed by atoms with E-state index in [0.717, 1.165) is 60.3 Å². The largest absolute Gasteiger partial charge is 0.481 e. The highest BCUT2D eigenvalue weighted by molar-refractivity contribution is 7.98. The smallest absolute Gasteiger partial charge is 0.416 e. The summed E-state index contributed by atoms with van der Waals surface area (Å²) in [4.78, 5) is 74.7. The lowest BCUT2D eigenvalue weighted by Crippen LogP contribution is -2.47. The van der Waals surface area contributed by atoms with Gasteiger partial charge in [-0.25, -0.2) is 4.39 Å². The van der Waals surface area contributed by atoms with Crippen molar-refractivity contribution in [1.29, 1.82) is 0 Å². The van der Waals surface area contributed by atoms with E-state index in [1.165, 1.54) is 36.0 Å². The first-order chi connectivity index (χ1) is 31.7. The van der Waals surface area contributed by atoms with Crippen LogP contribution in [0.4, 0.5) is 17.6 Å². The molecule has 0 aliphatic carbocycles. The van der Waals surface area contributed by atoms with E-state index in [9.17, 15) is 46.3 Å². The SMILES string of the molecule is CN1CCC(N(Cc2ccc(-c3ccc(C(F)(F)F)cc3)cc2)C(=O)Cn2cc(Cc3cnn(C)c3)c(=O)nc2SCc2ccc(F)cc2)CC1.O=C(O)CCC(=O)O.O=C(O)CCC(=O)O. The first kappa shape index (κ1) is 52.8. The molecule has 16 nitrogen and oxygen atoms in total. The number of carboxylic acid groups (broad SMARTS) is 4. The second-order valence-corrected chi connectivity index (χ2v) is 16.4. The first-order valence-electron chi connectivity index (χ1n) is 20.7. The number of hydrogen-bond donors (Lipinski definition) is 4. The number of benzene rings is 3. The number of rotatable bonds is 17. The van der Waals surface area contributed by atoms with Gasteiger partial charge in [-0.2, -0.15) is 23.3 Å². The molecule has 0 bridgehead atoms. The van der Waals surface area contributed by atoms with Gasteiger partial charge in [0.05, 0.1) is 37.4 Å².